The van der Waals surface area contributed by atoms with Crippen LogP contribution >= 0.6 is 22.7 Å². The lowest BCUT2D eigenvalue weighted by molar-refractivity contribution is -0.137. The lowest BCUT2D eigenvalue weighted by atomic mass is 10.1. The van der Waals surface area contributed by atoms with Crippen LogP contribution in [0.5, 0.6) is 5.75 Å². The molecule has 0 aliphatic heterocycles. The molecule has 0 fully saturated rings. The van der Waals surface area contributed by atoms with Gasteiger partial charge in [-0.2, -0.15) is 0 Å². The van der Waals surface area contributed by atoms with Crippen LogP contribution < -0.4 is 9.64 Å². The fourth-order valence-electron chi connectivity index (χ4n) is 4.86. The van der Waals surface area contributed by atoms with E-state index in [2.05, 4.69) is 62.6 Å². The van der Waals surface area contributed by atoms with Gasteiger partial charge in [0.05, 0.1) is 29.3 Å². The number of benzene rings is 2. The van der Waals surface area contributed by atoms with Gasteiger partial charge in [0.15, 0.2) is 5.78 Å². The van der Waals surface area contributed by atoms with E-state index in [1.807, 2.05) is 42.5 Å². The first-order valence-corrected chi connectivity index (χ1v) is 18.4. The van der Waals surface area contributed by atoms with E-state index >= 15 is 0 Å². The minimum absolute atomic E-state index is 0.138. The van der Waals surface area contributed by atoms with Gasteiger partial charge >= 0.3 is 5.97 Å². The van der Waals surface area contributed by atoms with E-state index in [-0.39, 0.29) is 11.8 Å². The van der Waals surface area contributed by atoms with Crippen molar-refractivity contribution >= 4 is 71.2 Å². The molecule has 258 valence electrons. The Bertz CT molecular complexity index is 1660. The number of ether oxygens (including phenoxy) is 2. The van der Waals surface area contributed by atoms with Crippen LogP contribution in [0.3, 0.4) is 0 Å². The van der Waals surface area contributed by atoms with Gasteiger partial charge in [0.25, 0.3) is 0 Å². The number of aromatic nitrogens is 1. The molecule has 0 saturated heterocycles. The smallest absolute Gasteiger partial charge is 0.330 e. The number of ketones is 1. The molecule has 4 rings (SSSR count). The summed E-state index contributed by atoms with van der Waals surface area (Å²) < 4.78 is 11.7. The van der Waals surface area contributed by atoms with E-state index in [0.717, 1.165) is 96.1 Å². The SMILES string of the molecule is C=CC(=O)CCCCCCCN(CC)c1ccc(N=Nc2nc3sc(N=Nc4ccc(OCCCCCOC(=O)C=C)cc4)cc3s2)cc1. The van der Waals surface area contributed by atoms with Gasteiger partial charge in [-0.3, -0.25) is 4.79 Å². The highest BCUT2D eigenvalue weighted by Crippen LogP contribution is 2.39. The van der Waals surface area contributed by atoms with E-state index in [4.69, 9.17) is 9.47 Å². The van der Waals surface area contributed by atoms with Gasteiger partial charge in [0, 0.05) is 31.3 Å². The summed E-state index contributed by atoms with van der Waals surface area (Å²) in [5, 5.41) is 18.9. The molecule has 0 unspecified atom stereocenters. The molecule has 10 nitrogen and oxygen atoms in total. The summed E-state index contributed by atoms with van der Waals surface area (Å²) in [5.41, 5.74) is 2.68. The van der Waals surface area contributed by atoms with E-state index in [1.165, 1.54) is 40.5 Å². The maximum atomic E-state index is 11.3. The largest absolute Gasteiger partial charge is 0.494 e. The predicted molar refractivity (Wildman–Crippen MR) is 200 cm³/mol. The molecule has 0 amide bonds. The molecule has 0 radical (unpaired) electrons. The van der Waals surface area contributed by atoms with Gasteiger partial charge < -0.3 is 14.4 Å². The number of fused-ring (bicyclic) bond motifs is 1. The highest BCUT2D eigenvalue weighted by Gasteiger charge is 2.09. The first-order chi connectivity index (χ1) is 24.0. The fourth-order valence-corrected chi connectivity index (χ4v) is 6.71. The maximum Gasteiger partial charge on any atom is 0.330 e. The first-order valence-electron chi connectivity index (χ1n) is 16.7. The number of esters is 1. The molecule has 2 heterocycles. The Morgan fingerprint density at radius 1 is 0.796 bits per heavy atom. The van der Waals surface area contributed by atoms with Crippen molar-refractivity contribution in [3.63, 3.8) is 0 Å². The topological polar surface area (TPSA) is 118 Å². The van der Waals surface area contributed by atoms with Gasteiger partial charge in [-0.25, -0.2) is 9.78 Å². The zero-order chi connectivity index (χ0) is 34.7. The third kappa shape index (κ3) is 13.1. The Morgan fingerprint density at radius 3 is 2.18 bits per heavy atom. The second-order valence-electron chi connectivity index (χ2n) is 11.2. The molecule has 0 atom stereocenters. The standard InChI is InChI=1S/C37H44N6O4S2/c1-4-31(44)15-11-8-7-9-12-24-43(6-3)30-20-16-28(17-21-30)40-42-37-38-36-33(48-37)27-34(49-36)41-39-29-18-22-32(23-19-29)46-25-13-10-14-26-47-35(45)5-2/h4-5,16-23,27H,1-2,6-15,24-26H2,3H3. The summed E-state index contributed by atoms with van der Waals surface area (Å²) in [4.78, 5) is 30.2. The van der Waals surface area contributed by atoms with Crippen LogP contribution in [0.2, 0.25) is 0 Å². The van der Waals surface area contributed by atoms with Crippen LogP contribution in [-0.4, -0.2) is 43.0 Å². The third-order valence-electron chi connectivity index (χ3n) is 7.56. The van der Waals surface area contributed by atoms with Crippen LogP contribution in [0.15, 0.2) is 100 Å². The van der Waals surface area contributed by atoms with Crippen LogP contribution in [0.25, 0.3) is 9.53 Å². The average Bonchev–Trinajstić information content (AvgIpc) is 3.70. The summed E-state index contributed by atoms with van der Waals surface area (Å²) in [6.45, 7) is 12.0. The van der Waals surface area contributed by atoms with E-state index in [0.29, 0.717) is 24.8 Å². The summed E-state index contributed by atoms with van der Waals surface area (Å²) in [7, 11) is 0. The van der Waals surface area contributed by atoms with Crippen molar-refractivity contribution in [3.8, 4) is 5.75 Å². The van der Waals surface area contributed by atoms with Gasteiger partial charge in [-0.15, -0.1) is 20.5 Å². The second-order valence-corrected chi connectivity index (χ2v) is 13.2. The Kier molecular flexibility index (Phi) is 15.8. The number of anilines is 1. The number of azo groups is 2. The number of thiazole rings is 1. The molecule has 12 heteroatoms. The van der Waals surface area contributed by atoms with Crippen molar-refractivity contribution in [3.05, 3.63) is 79.9 Å². The van der Waals surface area contributed by atoms with Crippen molar-refractivity contribution in [2.45, 2.75) is 64.7 Å². The van der Waals surface area contributed by atoms with E-state index < -0.39 is 0 Å². The van der Waals surface area contributed by atoms with Gasteiger partial charge in [-0.1, -0.05) is 55.1 Å². The van der Waals surface area contributed by atoms with Crippen molar-refractivity contribution in [1.82, 2.24) is 4.98 Å². The number of carbonyl (C=O) groups excluding carboxylic acids is 2. The lowest BCUT2D eigenvalue weighted by Crippen LogP contribution is -2.23. The summed E-state index contributed by atoms with van der Waals surface area (Å²) in [6.07, 6.45) is 11.2. The van der Waals surface area contributed by atoms with Crippen molar-refractivity contribution in [1.29, 1.82) is 0 Å². The number of nitrogens with zero attached hydrogens (tertiary/aromatic N) is 6. The molecule has 0 aliphatic carbocycles. The minimum Gasteiger partial charge on any atom is -0.494 e. The van der Waals surface area contributed by atoms with Crippen LogP contribution in [0, 0.1) is 0 Å². The monoisotopic (exact) mass is 700 g/mol. The number of allylic oxidation sites excluding steroid dienone is 1. The van der Waals surface area contributed by atoms with Crippen LogP contribution in [-0.2, 0) is 14.3 Å². The maximum absolute atomic E-state index is 11.3. The number of rotatable bonds is 23. The number of thiophene rings is 1. The van der Waals surface area contributed by atoms with Gasteiger partial charge in [0.1, 0.15) is 15.6 Å². The Hall–Kier alpha value is -4.55. The lowest BCUT2D eigenvalue weighted by Gasteiger charge is -2.23. The number of unbranched alkanes of at least 4 members (excludes halogenated alkanes) is 6. The first kappa shape index (κ1) is 37.3. The van der Waals surface area contributed by atoms with Crippen molar-refractivity contribution < 1.29 is 19.1 Å². The van der Waals surface area contributed by atoms with Crippen molar-refractivity contribution in [2.75, 3.05) is 31.2 Å². The summed E-state index contributed by atoms with van der Waals surface area (Å²) >= 11 is 2.94. The number of carbonyl (C=O) groups is 2. The fraction of sp³-hybridized carbons (Fsp3) is 0.378. The summed E-state index contributed by atoms with van der Waals surface area (Å²) in [6, 6.07) is 17.6. The molecular formula is C37H44N6O4S2. The zero-order valence-corrected chi connectivity index (χ0v) is 29.7. The number of hydrogen-bond donors (Lipinski definition) is 0. The van der Waals surface area contributed by atoms with Crippen molar-refractivity contribution in [2.24, 2.45) is 20.5 Å². The van der Waals surface area contributed by atoms with Crippen LogP contribution in [0.4, 0.5) is 27.2 Å². The molecule has 0 saturated carbocycles. The highest BCUT2D eigenvalue weighted by atomic mass is 32.1. The normalized spacial score (nSPS) is 11.4. The molecular weight excluding hydrogens is 657 g/mol. The quantitative estimate of drug-likeness (QED) is 0.0329. The van der Waals surface area contributed by atoms with Gasteiger partial charge in [0.2, 0.25) is 5.13 Å². The Morgan fingerprint density at radius 2 is 1.47 bits per heavy atom. The van der Waals surface area contributed by atoms with E-state index in [1.54, 1.807) is 0 Å². The highest BCUT2D eigenvalue weighted by molar-refractivity contribution is 7.30. The van der Waals surface area contributed by atoms with Crippen LogP contribution in [0.1, 0.15) is 64.7 Å². The second kappa shape index (κ2) is 20.7. The molecule has 0 N–H and O–H groups in total. The molecule has 49 heavy (non-hydrogen) atoms. The third-order valence-corrected chi connectivity index (χ3v) is 9.49. The minimum atomic E-state index is -0.389. The van der Waals surface area contributed by atoms with E-state index in [9.17, 15) is 9.59 Å². The molecule has 0 bridgehead atoms. The molecule has 4 aromatic rings. The molecule has 0 spiro atoms. The summed E-state index contributed by atoms with van der Waals surface area (Å²) in [5.74, 6) is 0.520. The van der Waals surface area contributed by atoms with Gasteiger partial charge in [-0.05, 0) is 99.7 Å². The molecule has 2 aromatic heterocycles. The molecule has 0 aliphatic rings. The zero-order valence-electron chi connectivity index (χ0n) is 28.1. The average molecular weight is 701 g/mol. The Labute approximate surface area is 296 Å². The number of hydrogen-bond acceptors (Lipinski definition) is 12. The Balaban J connectivity index is 1.18. The molecule has 2 aromatic carbocycles. The predicted octanol–water partition coefficient (Wildman–Crippen LogP) is 11.4.